The first-order chi connectivity index (χ1) is 6.93. The SMILES string of the molecule is CNCCCNCCC1CCOCC1. The van der Waals surface area contributed by atoms with Gasteiger partial charge < -0.3 is 15.4 Å². The Morgan fingerprint density at radius 2 is 1.93 bits per heavy atom. The lowest BCUT2D eigenvalue weighted by atomic mass is 9.97. The van der Waals surface area contributed by atoms with Crippen molar-refractivity contribution in [2.75, 3.05) is 39.9 Å². The van der Waals surface area contributed by atoms with Crippen LogP contribution in [0.2, 0.25) is 0 Å². The molecule has 0 aromatic heterocycles. The smallest absolute Gasteiger partial charge is 0.0468 e. The third kappa shape index (κ3) is 5.58. The Labute approximate surface area is 87.6 Å². The zero-order chi connectivity index (χ0) is 10.1. The monoisotopic (exact) mass is 200 g/mol. The van der Waals surface area contributed by atoms with E-state index in [4.69, 9.17) is 4.74 Å². The summed E-state index contributed by atoms with van der Waals surface area (Å²) in [4.78, 5) is 0. The van der Waals surface area contributed by atoms with Gasteiger partial charge in [-0.1, -0.05) is 0 Å². The van der Waals surface area contributed by atoms with Gasteiger partial charge in [0.1, 0.15) is 0 Å². The van der Waals surface area contributed by atoms with Crippen molar-refractivity contribution >= 4 is 0 Å². The van der Waals surface area contributed by atoms with Crippen LogP contribution in [0.1, 0.15) is 25.7 Å². The number of ether oxygens (including phenoxy) is 1. The second kappa shape index (κ2) is 8.21. The van der Waals surface area contributed by atoms with Gasteiger partial charge in [0, 0.05) is 13.2 Å². The average molecular weight is 200 g/mol. The van der Waals surface area contributed by atoms with Crippen molar-refractivity contribution in [3.8, 4) is 0 Å². The summed E-state index contributed by atoms with van der Waals surface area (Å²) in [5.74, 6) is 0.903. The minimum absolute atomic E-state index is 0.903. The van der Waals surface area contributed by atoms with Crippen molar-refractivity contribution in [2.24, 2.45) is 5.92 Å². The molecule has 0 radical (unpaired) electrons. The minimum Gasteiger partial charge on any atom is -0.381 e. The molecule has 0 aromatic rings. The number of nitrogens with one attached hydrogen (secondary N) is 2. The lowest BCUT2D eigenvalue weighted by Crippen LogP contribution is -2.24. The first-order valence-electron chi connectivity index (χ1n) is 5.86. The summed E-state index contributed by atoms with van der Waals surface area (Å²) in [6.45, 7) is 5.39. The van der Waals surface area contributed by atoms with Crippen molar-refractivity contribution in [3.05, 3.63) is 0 Å². The predicted molar refractivity (Wildman–Crippen MR) is 59.6 cm³/mol. The molecule has 1 rings (SSSR count). The largest absolute Gasteiger partial charge is 0.381 e. The van der Waals surface area contributed by atoms with Crippen LogP contribution in [-0.2, 0) is 4.74 Å². The highest BCUT2D eigenvalue weighted by Gasteiger charge is 2.12. The van der Waals surface area contributed by atoms with E-state index < -0.39 is 0 Å². The second-order valence-corrected chi connectivity index (χ2v) is 4.05. The van der Waals surface area contributed by atoms with Crippen molar-refractivity contribution in [3.63, 3.8) is 0 Å². The van der Waals surface area contributed by atoms with Gasteiger partial charge in [0.25, 0.3) is 0 Å². The zero-order valence-electron chi connectivity index (χ0n) is 9.35. The molecule has 1 fully saturated rings. The van der Waals surface area contributed by atoms with Crippen LogP contribution < -0.4 is 10.6 Å². The predicted octanol–water partition coefficient (Wildman–Crippen LogP) is 1.00. The van der Waals surface area contributed by atoms with E-state index in [0.717, 1.165) is 32.2 Å². The molecule has 2 N–H and O–H groups in total. The standard InChI is InChI=1S/C11H24N2O/c1-12-6-2-7-13-8-3-11-4-9-14-10-5-11/h11-13H,2-10H2,1H3. The van der Waals surface area contributed by atoms with Crippen molar-refractivity contribution in [1.82, 2.24) is 10.6 Å². The van der Waals surface area contributed by atoms with Gasteiger partial charge in [-0.3, -0.25) is 0 Å². The van der Waals surface area contributed by atoms with Gasteiger partial charge in [0.05, 0.1) is 0 Å². The molecule has 0 aliphatic carbocycles. The molecule has 1 aliphatic rings. The van der Waals surface area contributed by atoms with E-state index >= 15 is 0 Å². The van der Waals surface area contributed by atoms with E-state index in [9.17, 15) is 0 Å². The van der Waals surface area contributed by atoms with Crippen LogP contribution in [0, 0.1) is 5.92 Å². The van der Waals surface area contributed by atoms with E-state index in [0.29, 0.717) is 0 Å². The Hall–Kier alpha value is -0.120. The fourth-order valence-corrected chi connectivity index (χ4v) is 1.86. The van der Waals surface area contributed by atoms with Crippen molar-refractivity contribution in [1.29, 1.82) is 0 Å². The Bertz CT molecular complexity index is 124. The van der Waals surface area contributed by atoms with Gasteiger partial charge in [-0.05, 0) is 58.3 Å². The molecule has 0 unspecified atom stereocenters. The maximum absolute atomic E-state index is 5.33. The van der Waals surface area contributed by atoms with Crippen LogP contribution in [-0.4, -0.2) is 39.9 Å². The van der Waals surface area contributed by atoms with Crippen LogP contribution in [0.3, 0.4) is 0 Å². The fraction of sp³-hybridized carbons (Fsp3) is 1.00. The van der Waals surface area contributed by atoms with Crippen LogP contribution in [0.5, 0.6) is 0 Å². The van der Waals surface area contributed by atoms with E-state index in [1.807, 2.05) is 7.05 Å². The third-order valence-electron chi connectivity index (χ3n) is 2.85. The molecular formula is C11H24N2O. The molecule has 0 amide bonds. The van der Waals surface area contributed by atoms with Crippen molar-refractivity contribution < 1.29 is 4.74 Å². The Morgan fingerprint density at radius 3 is 2.64 bits per heavy atom. The molecule has 84 valence electrons. The van der Waals surface area contributed by atoms with E-state index in [-0.39, 0.29) is 0 Å². The Balaban J connectivity index is 1.82. The van der Waals surface area contributed by atoms with Gasteiger partial charge in [0.15, 0.2) is 0 Å². The molecule has 1 aliphatic heterocycles. The van der Waals surface area contributed by atoms with E-state index in [1.165, 1.54) is 32.2 Å². The topological polar surface area (TPSA) is 33.3 Å². The number of hydrogen-bond acceptors (Lipinski definition) is 3. The zero-order valence-corrected chi connectivity index (χ0v) is 9.35. The van der Waals surface area contributed by atoms with E-state index in [1.54, 1.807) is 0 Å². The molecule has 3 nitrogen and oxygen atoms in total. The van der Waals surface area contributed by atoms with Gasteiger partial charge in [-0.25, -0.2) is 0 Å². The maximum atomic E-state index is 5.33. The molecular weight excluding hydrogens is 176 g/mol. The summed E-state index contributed by atoms with van der Waals surface area (Å²) in [7, 11) is 2.00. The van der Waals surface area contributed by atoms with Gasteiger partial charge in [-0.15, -0.1) is 0 Å². The lowest BCUT2D eigenvalue weighted by molar-refractivity contribution is 0.0640. The summed E-state index contributed by atoms with van der Waals surface area (Å²) in [5.41, 5.74) is 0. The molecule has 0 atom stereocenters. The van der Waals surface area contributed by atoms with Gasteiger partial charge in [-0.2, -0.15) is 0 Å². The van der Waals surface area contributed by atoms with Gasteiger partial charge in [0.2, 0.25) is 0 Å². The fourth-order valence-electron chi connectivity index (χ4n) is 1.86. The Kier molecular flexibility index (Phi) is 7.01. The highest BCUT2D eigenvalue weighted by molar-refractivity contribution is 4.64. The number of rotatable bonds is 7. The van der Waals surface area contributed by atoms with Crippen LogP contribution in [0.25, 0.3) is 0 Å². The molecule has 1 saturated heterocycles. The third-order valence-corrected chi connectivity index (χ3v) is 2.85. The molecule has 3 heteroatoms. The first kappa shape index (κ1) is 12.0. The van der Waals surface area contributed by atoms with E-state index in [2.05, 4.69) is 10.6 Å². The summed E-state index contributed by atoms with van der Waals surface area (Å²) in [6.07, 6.45) is 5.07. The summed E-state index contributed by atoms with van der Waals surface area (Å²) in [5, 5.41) is 6.64. The maximum Gasteiger partial charge on any atom is 0.0468 e. The van der Waals surface area contributed by atoms with Gasteiger partial charge >= 0.3 is 0 Å². The summed E-state index contributed by atoms with van der Waals surface area (Å²) < 4.78 is 5.33. The Morgan fingerprint density at radius 1 is 1.14 bits per heavy atom. The molecule has 0 spiro atoms. The van der Waals surface area contributed by atoms with Crippen LogP contribution in [0.4, 0.5) is 0 Å². The van der Waals surface area contributed by atoms with Crippen LogP contribution in [0.15, 0.2) is 0 Å². The van der Waals surface area contributed by atoms with Crippen LogP contribution >= 0.6 is 0 Å². The average Bonchev–Trinajstić information content (AvgIpc) is 2.25. The van der Waals surface area contributed by atoms with Crippen molar-refractivity contribution in [2.45, 2.75) is 25.7 Å². The quantitative estimate of drug-likeness (QED) is 0.602. The summed E-state index contributed by atoms with van der Waals surface area (Å²) >= 11 is 0. The molecule has 0 bridgehead atoms. The molecule has 14 heavy (non-hydrogen) atoms. The minimum atomic E-state index is 0.903. The first-order valence-corrected chi connectivity index (χ1v) is 5.86. The lowest BCUT2D eigenvalue weighted by Gasteiger charge is -2.21. The molecule has 0 aromatic carbocycles. The normalized spacial score (nSPS) is 18.6. The number of hydrogen-bond donors (Lipinski definition) is 2. The molecule has 0 saturated carbocycles. The second-order valence-electron chi connectivity index (χ2n) is 4.05. The highest BCUT2D eigenvalue weighted by Crippen LogP contribution is 2.17. The highest BCUT2D eigenvalue weighted by atomic mass is 16.5. The molecule has 1 heterocycles. The summed E-state index contributed by atoms with van der Waals surface area (Å²) in [6, 6.07) is 0.